The highest BCUT2D eigenvalue weighted by Gasteiger charge is 2.56. The van der Waals surface area contributed by atoms with Gasteiger partial charge in [0.1, 0.15) is 35.1 Å². The summed E-state index contributed by atoms with van der Waals surface area (Å²) in [7, 11) is -1.58. The lowest BCUT2D eigenvalue weighted by Gasteiger charge is -2.45. The highest BCUT2D eigenvalue weighted by atomic mass is 31.1. The molecule has 2 saturated heterocycles. The summed E-state index contributed by atoms with van der Waals surface area (Å²) in [6.45, 7) is 0.359. The summed E-state index contributed by atoms with van der Waals surface area (Å²) in [5.41, 5.74) is 3.35. The van der Waals surface area contributed by atoms with Crippen LogP contribution in [0.15, 0.2) is 123 Å². The van der Waals surface area contributed by atoms with Crippen molar-refractivity contribution >= 4 is 35.8 Å². The van der Waals surface area contributed by atoms with Gasteiger partial charge < -0.3 is 27.3 Å². The third kappa shape index (κ3) is 4.65. The highest BCUT2D eigenvalue weighted by molar-refractivity contribution is 7.37. The number of ether oxygens (including phenoxy) is 4. The second-order valence-corrected chi connectivity index (χ2v) is 12.0. The molecular formula is C33H28NO6P. The number of hydrogen-bond donors (Lipinski definition) is 0. The molecule has 6 atom stereocenters. The summed E-state index contributed by atoms with van der Waals surface area (Å²) in [5, 5.41) is 2.00. The quantitative estimate of drug-likeness (QED) is 0.222. The first-order valence-electron chi connectivity index (χ1n) is 13.9. The molecule has 8 rings (SSSR count). The van der Waals surface area contributed by atoms with Gasteiger partial charge in [0.2, 0.25) is 14.3 Å². The Bertz CT molecular complexity index is 1700. The zero-order chi connectivity index (χ0) is 27.2. The molecule has 41 heavy (non-hydrogen) atoms. The number of rotatable bonds is 4. The number of aliphatic imine (C=N–C) groups is 1. The molecule has 0 bridgehead atoms. The van der Waals surface area contributed by atoms with Crippen LogP contribution in [0.25, 0.3) is 21.9 Å². The average molecular weight is 566 g/mol. The maximum absolute atomic E-state index is 6.77. The molecule has 0 amide bonds. The second-order valence-electron chi connectivity index (χ2n) is 10.5. The fourth-order valence-electron chi connectivity index (χ4n) is 5.90. The summed E-state index contributed by atoms with van der Waals surface area (Å²) in [5.74, 6) is 0.640. The molecule has 4 heterocycles. The fourth-order valence-corrected chi connectivity index (χ4v) is 7.84. The van der Waals surface area contributed by atoms with Crippen molar-refractivity contribution in [3.63, 3.8) is 0 Å². The molecular weight excluding hydrogens is 537 g/mol. The van der Waals surface area contributed by atoms with E-state index in [1.165, 1.54) is 0 Å². The van der Waals surface area contributed by atoms with Gasteiger partial charge in [-0.1, -0.05) is 97.1 Å². The second kappa shape index (κ2) is 10.5. The maximum atomic E-state index is 6.77. The van der Waals surface area contributed by atoms with Crippen LogP contribution in [0.2, 0.25) is 0 Å². The lowest BCUT2D eigenvalue weighted by Crippen LogP contribution is -2.55. The molecule has 4 aromatic carbocycles. The topological polar surface area (TPSA) is 75.6 Å². The normalized spacial score (nSPS) is 27.1. The smallest absolute Gasteiger partial charge is 0.225 e. The zero-order valence-corrected chi connectivity index (χ0v) is 23.0. The van der Waals surface area contributed by atoms with E-state index in [9.17, 15) is 0 Å². The first-order valence-corrected chi connectivity index (χ1v) is 15.1. The van der Waals surface area contributed by atoms with E-state index < -0.39 is 20.6 Å². The Morgan fingerprint density at radius 1 is 0.707 bits per heavy atom. The Kier molecular flexibility index (Phi) is 6.38. The average Bonchev–Trinajstić information content (AvgIpc) is 3.34. The number of nitrogens with zero attached hydrogens (tertiary/aromatic N) is 1. The molecule has 0 N–H and O–H groups in total. The zero-order valence-electron chi connectivity index (χ0n) is 22.1. The van der Waals surface area contributed by atoms with Crippen LogP contribution in [-0.2, 0) is 25.4 Å². The van der Waals surface area contributed by atoms with E-state index in [0.717, 1.165) is 33.1 Å². The Morgan fingerprint density at radius 2 is 1.34 bits per heavy atom. The van der Waals surface area contributed by atoms with Crippen LogP contribution < -0.4 is 0 Å². The Labute approximate surface area is 237 Å². The van der Waals surface area contributed by atoms with E-state index in [1.54, 1.807) is 0 Å². The number of para-hydroxylation sites is 2. The van der Waals surface area contributed by atoms with Crippen molar-refractivity contribution in [2.75, 3.05) is 6.61 Å². The van der Waals surface area contributed by atoms with Gasteiger partial charge in [0.05, 0.1) is 6.61 Å². The summed E-state index contributed by atoms with van der Waals surface area (Å²) in [6.07, 6.45) is -1.28. The third-order valence-corrected chi connectivity index (χ3v) is 9.67. The highest BCUT2D eigenvalue weighted by Crippen LogP contribution is 2.55. The summed E-state index contributed by atoms with van der Waals surface area (Å²) >= 11 is 0. The molecule has 3 aliphatic rings. The van der Waals surface area contributed by atoms with Gasteiger partial charge in [-0.05, 0) is 17.7 Å². The van der Waals surface area contributed by atoms with Crippen LogP contribution >= 0.6 is 8.01 Å². The van der Waals surface area contributed by atoms with E-state index in [-0.39, 0.29) is 23.9 Å². The Hall–Kier alpha value is -3.87. The third-order valence-electron chi connectivity index (χ3n) is 7.83. The van der Waals surface area contributed by atoms with E-state index in [2.05, 4.69) is 24.3 Å². The largest absolute Gasteiger partial charge is 0.449 e. The number of hydrogen-bond acceptors (Lipinski definition) is 7. The molecule has 2 fully saturated rings. The van der Waals surface area contributed by atoms with Crippen LogP contribution in [0.1, 0.15) is 23.1 Å². The molecule has 8 heteroatoms. The van der Waals surface area contributed by atoms with Gasteiger partial charge in [-0.3, -0.25) is 0 Å². The summed E-state index contributed by atoms with van der Waals surface area (Å²) in [6, 6.07) is 35.9. The number of fused-ring (bicyclic) bond motifs is 5. The minimum Gasteiger partial charge on any atom is -0.449 e. The summed E-state index contributed by atoms with van der Waals surface area (Å²) in [4.78, 5) is 5.10. The molecule has 0 spiro atoms. The van der Waals surface area contributed by atoms with Crippen LogP contribution in [0.3, 0.4) is 0 Å². The van der Waals surface area contributed by atoms with Gasteiger partial charge in [0, 0.05) is 22.8 Å². The van der Waals surface area contributed by atoms with Crippen LogP contribution in [-0.4, -0.2) is 37.0 Å². The molecule has 206 valence electrons. The summed E-state index contributed by atoms with van der Waals surface area (Å²) < 4.78 is 39.2. The minimum absolute atomic E-state index is 0.281. The SMILES string of the molecule is c1ccc(CC2=N[C@@H]3[C@@H](O2)O[C@@H]2CO[C@@H](c4ccccc4)O[C@H]2[C@@H]3p2oc3ccccc3c3ccccc3o2)cc1. The van der Waals surface area contributed by atoms with Crippen LogP contribution in [0.4, 0.5) is 0 Å². The standard InChI is InChI=1S/C33H28NO6P/c1-3-11-21(12-4-1)19-28-34-29-31(41-39-25-17-9-7-15-23(25)24-16-8-10-18-26(24)40-41)30-27(36-33(29)37-28)20-35-32(38-30)22-13-5-2-6-14-22/h1-18,27,29-33H,19-20H2/t27-,29+,30-,31-,32-,33-/m1/s1. The van der Waals surface area contributed by atoms with Crippen molar-refractivity contribution in [1.29, 1.82) is 0 Å². The minimum atomic E-state index is -1.58. The molecule has 0 saturated carbocycles. The first kappa shape index (κ1) is 24.9. The van der Waals surface area contributed by atoms with Crippen LogP contribution in [0, 0.1) is 0 Å². The molecule has 3 aliphatic heterocycles. The molecule has 1 aromatic heterocycles. The lowest BCUT2D eigenvalue weighted by atomic mass is 9.99. The monoisotopic (exact) mass is 565 g/mol. The predicted octanol–water partition coefficient (Wildman–Crippen LogP) is 7.71. The van der Waals surface area contributed by atoms with E-state index in [0.29, 0.717) is 18.9 Å². The molecule has 0 radical (unpaired) electrons. The lowest BCUT2D eigenvalue weighted by molar-refractivity contribution is -0.309. The molecule has 7 nitrogen and oxygen atoms in total. The van der Waals surface area contributed by atoms with E-state index in [1.807, 2.05) is 84.9 Å². The van der Waals surface area contributed by atoms with Crippen molar-refractivity contribution in [3.8, 4) is 0 Å². The van der Waals surface area contributed by atoms with Crippen molar-refractivity contribution < 1.29 is 27.3 Å². The molecule has 5 aromatic rings. The molecule has 0 unspecified atom stereocenters. The van der Waals surface area contributed by atoms with Crippen molar-refractivity contribution in [2.45, 2.75) is 42.9 Å². The van der Waals surface area contributed by atoms with E-state index >= 15 is 0 Å². The first-order chi connectivity index (χ1) is 20.3. The van der Waals surface area contributed by atoms with Gasteiger partial charge in [0.15, 0.2) is 12.2 Å². The van der Waals surface area contributed by atoms with Gasteiger partial charge in [-0.2, -0.15) is 0 Å². The number of benzene rings is 4. The van der Waals surface area contributed by atoms with Gasteiger partial charge in [0.25, 0.3) is 0 Å². The van der Waals surface area contributed by atoms with Crippen molar-refractivity contribution in [3.05, 3.63) is 120 Å². The van der Waals surface area contributed by atoms with Crippen molar-refractivity contribution in [1.82, 2.24) is 0 Å². The van der Waals surface area contributed by atoms with Gasteiger partial charge in [-0.25, -0.2) is 4.99 Å². The maximum Gasteiger partial charge on any atom is 0.225 e. The van der Waals surface area contributed by atoms with Crippen LogP contribution in [0.5, 0.6) is 0 Å². The molecule has 0 aliphatic carbocycles. The van der Waals surface area contributed by atoms with E-state index in [4.69, 9.17) is 32.3 Å². The van der Waals surface area contributed by atoms with Gasteiger partial charge in [-0.15, -0.1) is 0 Å². The predicted molar refractivity (Wildman–Crippen MR) is 156 cm³/mol. The van der Waals surface area contributed by atoms with Crippen molar-refractivity contribution in [2.24, 2.45) is 4.99 Å². The van der Waals surface area contributed by atoms with Gasteiger partial charge >= 0.3 is 0 Å². The fraction of sp³-hybridized carbons (Fsp3) is 0.242. The Morgan fingerprint density at radius 3 is 2.05 bits per heavy atom. The Balaban J connectivity index is 1.26.